The van der Waals surface area contributed by atoms with Crippen LogP contribution in [-0.4, -0.2) is 25.7 Å². The summed E-state index contributed by atoms with van der Waals surface area (Å²) in [6.07, 6.45) is 2.90. The van der Waals surface area contributed by atoms with Crippen molar-refractivity contribution in [2.75, 3.05) is 19.6 Å². The first-order chi connectivity index (χ1) is 6.68. The third-order valence-corrected chi connectivity index (χ3v) is 2.51. The molecule has 0 aliphatic heterocycles. The van der Waals surface area contributed by atoms with Gasteiger partial charge in [-0.3, -0.25) is 0 Å². The highest BCUT2D eigenvalue weighted by atomic mass is 16.2. The molecule has 0 spiro atoms. The molecule has 2 amide bonds. The highest BCUT2D eigenvalue weighted by molar-refractivity contribution is 5.71. The minimum atomic E-state index is -0.495. The normalized spacial score (nSPS) is 17.1. The summed E-state index contributed by atoms with van der Waals surface area (Å²) in [5, 5.41) is 14.3. The van der Waals surface area contributed by atoms with E-state index in [9.17, 15) is 4.79 Å². The van der Waals surface area contributed by atoms with E-state index in [0.29, 0.717) is 19.5 Å². The van der Waals surface area contributed by atoms with E-state index in [1.165, 1.54) is 0 Å². The molecule has 0 heterocycles. The number of urea groups is 1. The second kappa shape index (κ2) is 4.82. The summed E-state index contributed by atoms with van der Waals surface area (Å²) in [4.78, 5) is 10.3. The van der Waals surface area contributed by atoms with E-state index >= 15 is 0 Å². The molecule has 0 aromatic heterocycles. The lowest BCUT2D eigenvalue weighted by Gasteiger charge is -2.11. The Hall–Kier alpha value is -1.28. The van der Waals surface area contributed by atoms with E-state index < -0.39 is 6.03 Å². The number of hydrogen-bond acceptors (Lipinski definition) is 3. The Morgan fingerprint density at radius 3 is 2.71 bits per heavy atom. The molecule has 1 aliphatic rings. The molecule has 5 heteroatoms. The lowest BCUT2D eigenvalue weighted by Crippen LogP contribution is -2.36. The third-order valence-electron chi connectivity index (χ3n) is 2.51. The summed E-state index contributed by atoms with van der Waals surface area (Å²) in [5.41, 5.74) is 5.12. The van der Waals surface area contributed by atoms with Crippen molar-refractivity contribution >= 4 is 6.03 Å². The average Bonchev–Trinajstić information content (AvgIpc) is 2.85. The van der Waals surface area contributed by atoms with Gasteiger partial charge < -0.3 is 16.4 Å². The number of hydrogen-bond donors (Lipinski definition) is 3. The lowest BCUT2D eigenvalue weighted by atomic mass is 10.0. The Labute approximate surface area is 83.6 Å². The Morgan fingerprint density at radius 2 is 2.21 bits per heavy atom. The van der Waals surface area contributed by atoms with Gasteiger partial charge in [-0.1, -0.05) is 0 Å². The fraction of sp³-hybridized carbons (Fsp3) is 0.778. The summed E-state index contributed by atoms with van der Waals surface area (Å²) >= 11 is 0. The van der Waals surface area contributed by atoms with Crippen molar-refractivity contribution in [3.63, 3.8) is 0 Å². The van der Waals surface area contributed by atoms with Crippen molar-refractivity contribution in [3.8, 4) is 6.07 Å². The Kier molecular flexibility index (Phi) is 3.72. The molecule has 0 bridgehead atoms. The smallest absolute Gasteiger partial charge is 0.312 e. The van der Waals surface area contributed by atoms with Crippen LogP contribution in [0.3, 0.4) is 0 Å². The van der Waals surface area contributed by atoms with Gasteiger partial charge in [0.2, 0.25) is 0 Å². The van der Waals surface area contributed by atoms with E-state index in [2.05, 4.69) is 16.7 Å². The molecule has 0 saturated heterocycles. The molecule has 0 aromatic carbocycles. The first-order valence-corrected chi connectivity index (χ1v) is 4.79. The maximum absolute atomic E-state index is 10.3. The van der Waals surface area contributed by atoms with Gasteiger partial charge in [0.05, 0.1) is 6.07 Å². The number of rotatable bonds is 6. The van der Waals surface area contributed by atoms with Crippen molar-refractivity contribution in [1.29, 1.82) is 5.26 Å². The predicted molar refractivity (Wildman–Crippen MR) is 52.4 cm³/mol. The van der Waals surface area contributed by atoms with Crippen molar-refractivity contribution < 1.29 is 4.79 Å². The topological polar surface area (TPSA) is 90.9 Å². The van der Waals surface area contributed by atoms with Gasteiger partial charge in [0, 0.05) is 26.1 Å². The molecule has 1 rings (SSSR count). The fourth-order valence-corrected chi connectivity index (χ4v) is 1.39. The number of carbonyl (C=O) groups excluding carboxylic acids is 1. The van der Waals surface area contributed by atoms with Crippen molar-refractivity contribution in [3.05, 3.63) is 0 Å². The number of nitrogens with two attached hydrogens (primary N) is 1. The van der Waals surface area contributed by atoms with E-state index in [0.717, 1.165) is 19.4 Å². The molecule has 0 atom stereocenters. The van der Waals surface area contributed by atoms with Crippen LogP contribution < -0.4 is 16.4 Å². The van der Waals surface area contributed by atoms with Gasteiger partial charge >= 0.3 is 6.03 Å². The van der Waals surface area contributed by atoms with Gasteiger partial charge in [-0.05, 0) is 18.3 Å². The molecule has 0 radical (unpaired) electrons. The zero-order chi connectivity index (χ0) is 10.4. The average molecular weight is 196 g/mol. The predicted octanol–water partition coefficient (Wildman–Crippen LogP) is -0.0618. The summed E-state index contributed by atoms with van der Waals surface area (Å²) < 4.78 is 0. The van der Waals surface area contributed by atoms with Crippen LogP contribution in [0.5, 0.6) is 0 Å². The van der Waals surface area contributed by atoms with Crippen LogP contribution >= 0.6 is 0 Å². The number of carbonyl (C=O) groups is 1. The van der Waals surface area contributed by atoms with Crippen LogP contribution in [0, 0.1) is 16.7 Å². The number of amides is 2. The zero-order valence-corrected chi connectivity index (χ0v) is 8.18. The maximum atomic E-state index is 10.3. The quantitative estimate of drug-likeness (QED) is 0.520. The molecule has 5 nitrogen and oxygen atoms in total. The number of nitrogens with one attached hydrogen (secondary N) is 2. The first kappa shape index (κ1) is 10.8. The van der Waals surface area contributed by atoms with Crippen LogP contribution in [0.2, 0.25) is 0 Å². The summed E-state index contributed by atoms with van der Waals surface area (Å²) in [6.45, 7) is 2.11. The monoisotopic (exact) mass is 196 g/mol. The second-order valence-electron chi connectivity index (χ2n) is 3.80. The molecule has 1 fully saturated rings. The standard InChI is InChI=1S/C9H16N4O/c10-4-3-9(1-2-9)7-12-5-6-13-8(11)14/h12H,1-3,5-7H2,(H3,11,13,14). The molecule has 1 aliphatic carbocycles. The van der Waals surface area contributed by atoms with E-state index in [1.807, 2.05) is 0 Å². The van der Waals surface area contributed by atoms with Gasteiger partial charge in [-0.25, -0.2) is 4.79 Å². The SMILES string of the molecule is N#CCC1(CNCCNC(N)=O)CC1. The first-order valence-electron chi connectivity index (χ1n) is 4.79. The summed E-state index contributed by atoms with van der Waals surface area (Å²) in [7, 11) is 0. The molecular weight excluding hydrogens is 180 g/mol. The molecule has 1 saturated carbocycles. The largest absolute Gasteiger partial charge is 0.352 e. The highest BCUT2D eigenvalue weighted by Gasteiger charge is 2.41. The zero-order valence-electron chi connectivity index (χ0n) is 8.18. The number of primary amides is 1. The molecular formula is C9H16N4O. The van der Waals surface area contributed by atoms with Crippen molar-refractivity contribution in [1.82, 2.24) is 10.6 Å². The minimum Gasteiger partial charge on any atom is -0.352 e. The maximum Gasteiger partial charge on any atom is 0.312 e. The molecule has 78 valence electrons. The minimum absolute atomic E-state index is 0.224. The van der Waals surface area contributed by atoms with Gasteiger partial charge in [0.25, 0.3) is 0 Å². The Bertz CT molecular complexity index is 242. The Morgan fingerprint density at radius 1 is 1.50 bits per heavy atom. The molecule has 14 heavy (non-hydrogen) atoms. The van der Waals surface area contributed by atoms with Gasteiger partial charge in [-0.15, -0.1) is 0 Å². The highest BCUT2D eigenvalue weighted by Crippen LogP contribution is 2.47. The van der Waals surface area contributed by atoms with Gasteiger partial charge in [0.15, 0.2) is 0 Å². The summed E-state index contributed by atoms with van der Waals surface area (Å²) in [6, 6.07) is 1.70. The summed E-state index contributed by atoms with van der Waals surface area (Å²) in [5.74, 6) is 0. The molecule has 4 N–H and O–H groups in total. The van der Waals surface area contributed by atoms with Crippen LogP contribution in [0.15, 0.2) is 0 Å². The van der Waals surface area contributed by atoms with Gasteiger partial charge in [0.1, 0.15) is 0 Å². The van der Waals surface area contributed by atoms with Crippen molar-refractivity contribution in [2.24, 2.45) is 11.1 Å². The van der Waals surface area contributed by atoms with Crippen LogP contribution in [0.4, 0.5) is 4.79 Å². The van der Waals surface area contributed by atoms with Crippen LogP contribution in [-0.2, 0) is 0 Å². The Balaban J connectivity index is 1.99. The second-order valence-corrected chi connectivity index (χ2v) is 3.80. The van der Waals surface area contributed by atoms with E-state index in [-0.39, 0.29) is 5.41 Å². The fourth-order valence-electron chi connectivity index (χ4n) is 1.39. The molecule has 0 unspecified atom stereocenters. The van der Waals surface area contributed by atoms with E-state index in [4.69, 9.17) is 11.0 Å². The number of nitrogens with zero attached hydrogens (tertiary/aromatic N) is 1. The number of nitriles is 1. The van der Waals surface area contributed by atoms with Crippen LogP contribution in [0.25, 0.3) is 0 Å². The van der Waals surface area contributed by atoms with Gasteiger partial charge in [-0.2, -0.15) is 5.26 Å². The van der Waals surface area contributed by atoms with Crippen LogP contribution in [0.1, 0.15) is 19.3 Å². The van der Waals surface area contributed by atoms with Crippen molar-refractivity contribution in [2.45, 2.75) is 19.3 Å². The third kappa shape index (κ3) is 3.62. The molecule has 0 aromatic rings. The van der Waals surface area contributed by atoms with E-state index in [1.54, 1.807) is 0 Å². The lowest BCUT2D eigenvalue weighted by molar-refractivity contribution is 0.249.